The summed E-state index contributed by atoms with van der Waals surface area (Å²) in [4.78, 5) is 37.6. The molecule has 9 rings (SSSR count). The molecule has 0 atom stereocenters. The third kappa shape index (κ3) is 4.13. The maximum atomic E-state index is 5.20. The number of nitrogens with zero attached hydrogens (tertiary/aromatic N) is 6. The van der Waals surface area contributed by atoms with Crippen molar-refractivity contribution in [1.29, 1.82) is 0 Å². The number of aryl methyl sites for hydroxylation is 1. The van der Waals surface area contributed by atoms with E-state index in [1.54, 1.807) is 0 Å². The Bertz CT molecular complexity index is 2470. The van der Waals surface area contributed by atoms with Crippen molar-refractivity contribution in [2.24, 2.45) is 0 Å². The number of H-pyrrole nitrogens is 2. The second-order valence-electron chi connectivity index (χ2n) is 11.5. The van der Waals surface area contributed by atoms with Gasteiger partial charge in [-0.25, -0.2) is 29.9 Å². The second-order valence-corrected chi connectivity index (χ2v) is 11.5. The first-order chi connectivity index (χ1) is 22.2. The van der Waals surface area contributed by atoms with E-state index in [1.807, 2.05) is 42.5 Å². The SMILES string of the molecule is CCCCCc1cccc2c3nc4nc(nc5[nH]c(nc6nc(nc([nH]3)c12)-c1ccccc1-6)c1ccccc51)-c1ccccc1-4. The molecular weight excluding hydrogens is 556 g/mol. The van der Waals surface area contributed by atoms with Gasteiger partial charge in [-0.2, -0.15) is 0 Å². The number of hydrogen-bond donors (Lipinski definition) is 2. The lowest BCUT2D eigenvalue weighted by Gasteiger charge is -2.03. The molecule has 0 radical (unpaired) electrons. The molecule has 45 heavy (non-hydrogen) atoms. The van der Waals surface area contributed by atoms with Crippen molar-refractivity contribution in [3.8, 4) is 45.6 Å². The molecule has 216 valence electrons. The number of fused-ring (bicyclic) bond motifs is 20. The predicted octanol–water partition coefficient (Wildman–Crippen LogP) is 8.60. The minimum absolute atomic E-state index is 0.607. The Balaban J connectivity index is 1.46. The predicted molar refractivity (Wildman–Crippen MR) is 179 cm³/mol. The van der Waals surface area contributed by atoms with Crippen LogP contribution in [0.25, 0.3) is 89.7 Å². The largest absolute Gasteiger partial charge is 0.324 e. The summed E-state index contributed by atoms with van der Waals surface area (Å²) >= 11 is 0. The molecule has 0 spiro atoms. The molecule has 2 N–H and O–H groups in total. The zero-order valence-electron chi connectivity index (χ0n) is 24.7. The molecule has 0 aliphatic carbocycles. The van der Waals surface area contributed by atoms with E-state index in [-0.39, 0.29) is 0 Å². The van der Waals surface area contributed by atoms with Crippen LogP contribution in [0.3, 0.4) is 0 Å². The summed E-state index contributed by atoms with van der Waals surface area (Å²) in [6.45, 7) is 2.23. The quantitative estimate of drug-likeness (QED) is 0.201. The topological polar surface area (TPSA) is 109 Å². The van der Waals surface area contributed by atoms with E-state index in [0.717, 1.165) is 74.4 Å². The highest BCUT2D eigenvalue weighted by molar-refractivity contribution is 6.07. The van der Waals surface area contributed by atoms with Gasteiger partial charge in [0.1, 0.15) is 22.6 Å². The first kappa shape index (κ1) is 25.7. The third-order valence-electron chi connectivity index (χ3n) is 8.72. The summed E-state index contributed by atoms with van der Waals surface area (Å²) in [7, 11) is 0. The van der Waals surface area contributed by atoms with Crippen LogP contribution < -0.4 is 0 Å². The second kappa shape index (κ2) is 10.2. The van der Waals surface area contributed by atoms with Crippen LogP contribution >= 0.6 is 0 Å². The molecule has 4 aromatic carbocycles. The number of rotatable bonds is 4. The van der Waals surface area contributed by atoms with Gasteiger partial charge in [0, 0.05) is 43.8 Å². The standard InChI is InChI=1S/C37H28N8/c1-2-3-4-12-21-13-11-20-28-29(21)37-44-35-27-19-10-9-18-26(27)33(42-35)40-31-23-15-6-5-14-22(23)30(38-31)39-32-24-16-7-8-17-25(24)34(41-32)43-36(28)45-37/h5-11,13-20H,2-4,12H2,1H3,(H2,38,39,40,41,42,43,44,45). The van der Waals surface area contributed by atoms with E-state index >= 15 is 0 Å². The van der Waals surface area contributed by atoms with Crippen molar-refractivity contribution in [3.05, 3.63) is 96.6 Å². The molecule has 7 aromatic rings. The maximum Gasteiger partial charge on any atom is 0.164 e. The van der Waals surface area contributed by atoms with Crippen molar-refractivity contribution < 1.29 is 0 Å². The number of aromatic nitrogens is 8. The molecule has 5 heterocycles. The monoisotopic (exact) mass is 584 g/mol. The lowest BCUT2D eigenvalue weighted by Crippen LogP contribution is -1.88. The van der Waals surface area contributed by atoms with Gasteiger partial charge in [-0.3, -0.25) is 0 Å². The van der Waals surface area contributed by atoms with Crippen LogP contribution in [0.15, 0.2) is 91.0 Å². The van der Waals surface area contributed by atoms with E-state index in [4.69, 9.17) is 29.9 Å². The van der Waals surface area contributed by atoms with Crippen molar-refractivity contribution in [2.75, 3.05) is 0 Å². The fraction of sp³-hybridized carbons (Fsp3) is 0.135. The van der Waals surface area contributed by atoms with Crippen LogP contribution in [-0.2, 0) is 6.42 Å². The third-order valence-corrected chi connectivity index (χ3v) is 8.72. The summed E-state index contributed by atoms with van der Waals surface area (Å²) in [5.74, 6) is 2.45. The first-order valence-electron chi connectivity index (χ1n) is 15.5. The number of hydrogen-bond acceptors (Lipinski definition) is 6. The normalized spacial score (nSPS) is 12.0. The van der Waals surface area contributed by atoms with E-state index in [1.165, 1.54) is 12.0 Å². The van der Waals surface area contributed by atoms with Crippen molar-refractivity contribution >= 4 is 44.1 Å². The van der Waals surface area contributed by atoms with E-state index < -0.39 is 0 Å². The summed E-state index contributed by atoms with van der Waals surface area (Å²) in [5.41, 5.74) is 7.85. The molecular formula is C37H28N8. The van der Waals surface area contributed by atoms with Gasteiger partial charge in [0.05, 0.1) is 0 Å². The fourth-order valence-corrected chi connectivity index (χ4v) is 6.54. The Hall–Kier alpha value is -5.76. The Morgan fingerprint density at radius 3 is 1.42 bits per heavy atom. The highest BCUT2D eigenvalue weighted by atomic mass is 15.1. The zero-order chi connectivity index (χ0) is 29.9. The summed E-state index contributed by atoms with van der Waals surface area (Å²) in [6, 6.07) is 30.8. The van der Waals surface area contributed by atoms with Crippen molar-refractivity contribution in [3.63, 3.8) is 0 Å². The van der Waals surface area contributed by atoms with Crippen LogP contribution in [0.2, 0.25) is 0 Å². The Kier molecular flexibility index (Phi) is 5.81. The van der Waals surface area contributed by atoms with Gasteiger partial charge >= 0.3 is 0 Å². The molecule has 0 saturated carbocycles. The Labute approximate surface area is 258 Å². The molecule has 8 heteroatoms. The molecule has 0 amide bonds. The van der Waals surface area contributed by atoms with Gasteiger partial charge in [0.2, 0.25) is 0 Å². The van der Waals surface area contributed by atoms with Crippen LogP contribution in [0.4, 0.5) is 0 Å². The van der Waals surface area contributed by atoms with Crippen LogP contribution in [-0.4, -0.2) is 39.9 Å². The van der Waals surface area contributed by atoms with E-state index in [2.05, 4.69) is 65.4 Å². The van der Waals surface area contributed by atoms with Gasteiger partial charge in [0.15, 0.2) is 23.3 Å². The molecule has 0 unspecified atom stereocenters. The van der Waals surface area contributed by atoms with E-state index in [9.17, 15) is 0 Å². The molecule has 0 fully saturated rings. The molecule has 0 saturated heterocycles. The highest BCUT2D eigenvalue weighted by Gasteiger charge is 2.22. The Morgan fingerprint density at radius 2 is 0.889 bits per heavy atom. The number of nitrogens with one attached hydrogen (secondary N) is 2. The maximum absolute atomic E-state index is 5.20. The van der Waals surface area contributed by atoms with Crippen LogP contribution in [0.5, 0.6) is 0 Å². The van der Waals surface area contributed by atoms with Crippen LogP contribution in [0.1, 0.15) is 31.7 Å². The van der Waals surface area contributed by atoms with Crippen molar-refractivity contribution in [1.82, 2.24) is 39.9 Å². The smallest absolute Gasteiger partial charge is 0.164 e. The lowest BCUT2D eigenvalue weighted by molar-refractivity contribution is 0.720. The van der Waals surface area contributed by atoms with Gasteiger partial charge in [-0.05, 0) is 18.4 Å². The average Bonchev–Trinajstić information content (AvgIpc) is 3.81. The van der Waals surface area contributed by atoms with Gasteiger partial charge in [0.25, 0.3) is 0 Å². The van der Waals surface area contributed by atoms with Crippen LogP contribution in [0, 0.1) is 0 Å². The Morgan fingerprint density at radius 1 is 0.444 bits per heavy atom. The van der Waals surface area contributed by atoms with Gasteiger partial charge < -0.3 is 9.97 Å². The number of benzene rings is 4. The van der Waals surface area contributed by atoms with Gasteiger partial charge in [-0.1, -0.05) is 111 Å². The minimum Gasteiger partial charge on any atom is -0.324 e. The molecule has 2 aliphatic rings. The van der Waals surface area contributed by atoms with E-state index in [0.29, 0.717) is 34.6 Å². The number of unbranched alkanes of at least 4 members (excludes halogenated alkanes) is 2. The lowest BCUT2D eigenvalue weighted by atomic mass is 10.0. The number of aromatic amines is 2. The van der Waals surface area contributed by atoms with Crippen molar-refractivity contribution in [2.45, 2.75) is 32.6 Å². The molecule has 8 nitrogen and oxygen atoms in total. The minimum atomic E-state index is 0.607. The molecule has 8 bridgehead atoms. The molecule has 2 aliphatic heterocycles. The highest BCUT2D eigenvalue weighted by Crippen LogP contribution is 2.37. The summed E-state index contributed by atoms with van der Waals surface area (Å²) in [5, 5.41) is 4.01. The summed E-state index contributed by atoms with van der Waals surface area (Å²) < 4.78 is 0. The first-order valence-corrected chi connectivity index (χ1v) is 15.5. The average molecular weight is 585 g/mol. The fourth-order valence-electron chi connectivity index (χ4n) is 6.54. The zero-order valence-corrected chi connectivity index (χ0v) is 24.7. The molecule has 3 aromatic heterocycles. The summed E-state index contributed by atoms with van der Waals surface area (Å²) in [6.07, 6.45) is 4.41. The van der Waals surface area contributed by atoms with Gasteiger partial charge in [-0.15, -0.1) is 0 Å².